The molecule has 0 aromatic carbocycles. The van der Waals surface area contributed by atoms with Gasteiger partial charge in [-0.25, -0.2) is 0 Å². The smallest absolute Gasteiger partial charge is 0.221 e. The number of allylic oxidation sites excluding steroid dienone is 8. The van der Waals surface area contributed by atoms with E-state index in [0.717, 1.165) is 32.1 Å². The number of ether oxygens (including phenoxy) is 1. The molecule has 0 radical (unpaired) electrons. The summed E-state index contributed by atoms with van der Waals surface area (Å²) in [5.41, 5.74) is 0. The molecule has 0 fully saturated rings. The van der Waals surface area contributed by atoms with Crippen LogP contribution >= 0.6 is 0 Å². The Hall–Kier alpha value is -1.61. The molecule has 1 amide bonds. The summed E-state index contributed by atoms with van der Waals surface area (Å²) >= 11 is 0. The Balaban J connectivity index is 3.50. The molecule has 1 N–H and O–H groups in total. The Morgan fingerprint density at radius 1 is 0.846 bits per heavy atom. The van der Waals surface area contributed by atoms with Crippen molar-refractivity contribution in [2.75, 3.05) is 7.11 Å². The predicted molar refractivity (Wildman–Crippen MR) is 113 cm³/mol. The average molecular weight is 362 g/mol. The van der Waals surface area contributed by atoms with Crippen molar-refractivity contribution in [1.29, 1.82) is 0 Å². The Kier molecular flexibility index (Phi) is 18.5. The van der Waals surface area contributed by atoms with Crippen molar-refractivity contribution in [3.05, 3.63) is 48.6 Å². The lowest BCUT2D eigenvalue weighted by atomic mass is 10.2. The van der Waals surface area contributed by atoms with Crippen LogP contribution < -0.4 is 5.32 Å². The molecule has 1 atom stereocenters. The summed E-state index contributed by atoms with van der Waals surface area (Å²) in [4.78, 5) is 11.5. The van der Waals surface area contributed by atoms with Crippen LogP contribution in [0.1, 0.15) is 78.1 Å². The third kappa shape index (κ3) is 18.7. The van der Waals surface area contributed by atoms with E-state index in [1.54, 1.807) is 7.11 Å². The molecule has 0 saturated heterocycles. The van der Waals surface area contributed by atoms with Gasteiger partial charge in [-0.1, -0.05) is 68.4 Å². The Morgan fingerprint density at radius 3 is 1.85 bits per heavy atom. The van der Waals surface area contributed by atoms with E-state index in [1.807, 2.05) is 6.92 Å². The minimum atomic E-state index is -0.209. The van der Waals surface area contributed by atoms with Gasteiger partial charge in [0, 0.05) is 13.5 Å². The minimum absolute atomic E-state index is 0.0511. The molecule has 0 aliphatic rings. The van der Waals surface area contributed by atoms with Crippen LogP contribution in [0.3, 0.4) is 0 Å². The van der Waals surface area contributed by atoms with E-state index < -0.39 is 0 Å². The molecule has 0 aliphatic carbocycles. The van der Waals surface area contributed by atoms with Gasteiger partial charge in [-0.15, -0.1) is 0 Å². The molecule has 0 aliphatic heterocycles. The second kappa shape index (κ2) is 19.7. The van der Waals surface area contributed by atoms with E-state index >= 15 is 0 Å². The molecule has 0 aromatic heterocycles. The Morgan fingerprint density at radius 2 is 1.35 bits per heavy atom. The number of hydrogen-bond acceptors (Lipinski definition) is 2. The number of nitrogens with one attached hydrogen (secondary N) is 1. The highest BCUT2D eigenvalue weighted by Crippen LogP contribution is 2.01. The van der Waals surface area contributed by atoms with Gasteiger partial charge in [-0.3, -0.25) is 4.79 Å². The van der Waals surface area contributed by atoms with Gasteiger partial charge >= 0.3 is 0 Å². The molecule has 0 bridgehead atoms. The fraction of sp³-hybridized carbons (Fsp3) is 0.609. The summed E-state index contributed by atoms with van der Waals surface area (Å²) in [6.45, 7) is 4.06. The van der Waals surface area contributed by atoms with E-state index in [-0.39, 0.29) is 12.1 Å². The van der Waals surface area contributed by atoms with Crippen LogP contribution in [-0.4, -0.2) is 19.2 Å². The first-order valence-electron chi connectivity index (χ1n) is 10.1. The Bertz CT molecular complexity index is 435. The molecule has 3 heteroatoms. The minimum Gasteiger partial charge on any atom is -0.362 e. The molecule has 1 unspecified atom stereocenters. The van der Waals surface area contributed by atoms with Gasteiger partial charge in [0.25, 0.3) is 0 Å². The normalized spacial score (nSPS) is 13.5. The largest absolute Gasteiger partial charge is 0.362 e. The molecular weight excluding hydrogens is 322 g/mol. The maximum atomic E-state index is 11.5. The van der Waals surface area contributed by atoms with Gasteiger partial charge in [-0.05, 0) is 51.9 Å². The van der Waals surface area contributed by atoms with Gasteiger partial charge in [0.2, 0.25) is 5.91 Å². The number of carbonyl (C=O) groups is 1. The molecular formula is C23H39NO2. The number of rotatable bonds is 16. The van der Waals surface area contributed by atoms with E-state index in [0.29, 0.717) is 6.42 Å². The predicted octanol–water partition coefficient (Wildman–Crippen LogP) is 6.24. The molecule has 0 heterocycles. The van der Waals surface area contributed by atoms with Crippen molar-refractivity contribution in [2.45, 2.75) is 84.3 Å². The first-order chi connectivity index (χ1) is 12.7. The summed E-state index contributed by atoms with van der Waals surface area (Å²) in [5.74, 6) is 0.0511. The highest BCUT2D eigenvalue weighted by molar-refractivity contribution is 5.75. The van der Waals surface area contributed by atoms with Crippen molar-refractivity contribution in [3.63, 3.8) is 0 Å². The zero-order valence-corrected chi connectivity index (χ0v) is 17.1. The van der Waals surface area contributed by atoms with E-state index in [9.17, 15) is 4.79 Å². The van der Waals surface area contributed by atoms with Gasteiger partial charge < -0.3 is 10.1 Å². The van der Waals surface area contributed by atoms with Crippen LogP contribution in [0.25, 0.3) is 0 Å². The molecule has 0 spiro atoms. The zero-order valence-electron chi connectivity index (χ0n) is 17.1. The third-order valence-corrected chi connectivity index (χ3v) is 3.95. The van der Waals surface area contributed by atoms with Crippen LogP contribution in [0.15, 0.2) is 48.6 Å². The van der Waals surface area contributed by atoms with E-state index in [4.69, 9.17) is 4.74 Å². The van der Waals surface area contributed by atoms with Crippen molar-refractivity contribution < 1.29 is 9.53 Å². The second-order valence-electron chi connectivity index (χ2n) is 6.43. The van der Waals surface area contributed by atoms with E-state index in [1.165, 1.54) is 25.7 Å². The van der Waals surface area contributed by atoms with Gasteiger partial charge in [0.05, 0.1) is 0 Å². The van der Waals surface area contributed by atoms with Gasteiger partial charge in [-0.2, -0.15) is 0 Å². The number of carbonyl (C=O) groups excluding carboxylic acids is 1. The monoisotopic (exact) mass is 361 g/mol. The topological polar surface area (TPSA) is 38.3 Å². The van der Waals surface area contributed by atoms with Gasteiger partial charge in [0.15, 0.2) is 0 Å². The maximum absolute atomic E-state index is 11.5. The highest BCUT2D eigenvalue weighted by Gasteiger charge is 2.04. The third-order valence-electron chi connectivity index (χ3n) is 3.95. The lowest BCUT2D eigenvalue weighted by Crippen LogP contribution is -2.33. The van der Waals surface area contributed by atoms with Crippen molar-refractivity contribution in [3.8, 4) is 0 Å². The van der Waals surface area contributed by atoms with Crippen LogP contribution in [-0.2, 0) is 9.53 Å². The fourth-order valence-corrected chi connectivity index (χ4v) is 2.30. The summed E-state index contributed by atoms with van der Waals surface area (Å²) in [7, 11) is 1.59. The lowest BCUT2D eigenvalue weighted by molar-refractivity contribution is -0.124. The summed E-state index contributed by atoms with van der Waals surface area (Å²) in [5, 5.41) is 2.78. The van der Waals surface area contributed by atoms with Crippen molar-refractivity contribution >= 4 is 5.91 Å². The van der Waals surface area contributed by atoms with Crippen molar-refractivity contribution in [2.24, 2.45) is 0 Å². The molecule has 26 heavy (non-hydrogen) atoms. The summed E-state index contributed by atoms with van der Waals surface area (Å²) in [6.07, 6.45) is 28.0. The maximum Gasteiger partial charge on any atom is 0.221 e. The fourth-order valence-electron chi connectivity index (χ4n) is 2.30. The number of unbranched alkanes of at least 4 members (excludes halogenated alkanes) is 4. The average Bonchev–Trinajstić information content (AvgIpc) is 2.64. The number of methoxy groups -OCH3 is 1. The first-order valence-corrected chi connectivity index (χ1v) is 10.1. The number of amides is 1. The molecule has 0 saturated carbocycles. The van der Waals surface area contributed by atoms with Crippen LogP contribution in [0, 0.1) is 0 Å². The summed E-state index contributed by atoms with van der Waals surface area (Å²) in [6, 6.07) is 0. The van der Waals surface area contributed by atoms with Crippen molar-refractivity contribution in [1.82, 2.24) is 5.32 Å². The second-order valence-corrected chi connectivity index (χ2v) is 6.43. The zero-order chi connectivity index (χ0) is 19.3. The molecule has 0 aromatic rings. The lowest BCUT2D eigenvalue weighted by Gasteiger charge is -2.10. The summed E-state index contributed by atoms with van der Waals surface area (Å²) < 4.78 is 5.00. The van der Waals surface area contributed by atoms with Crippen LogP contribution in [0.5, 0.6) is 0 Å². The Labute approximate surface area is 161 Å². The quantitative estimate of drug-likeness (QED) is 0.201. The molecule has 0 rings (SSSR count). The SMILES string of the molecule is CCCCC/C=C\C/C=C\C/C=C\C/C=C\CCCC(=O)NC(C)OC. The van der Waals surface area contributed by atoms with Crippen LogP contribution in [0.4, 0.5) is 0 Å². The molecule has 148 valence electrons. The van der Waals surface area contributed by atoms with Crippen LogP contribution in [0.2, 0.25) is 0 Å². The van der Waals surface area contributed by atoms with E-state index in [2.05, 4.69) is 60.8 Å². The highest BCUT2D eigenvalue weighted by atomic mass is 16.5. The molecule has 3 nitrogen and oxygen atoms in total. The number of hydrogen-bond donors (Lipinski definition) is 1. The standard InChI is InChI=1S/C23H39NO2/c1-4-5-6-7-8-9-10-11-12-13-14-15-16-17-18-19-20-21-23(25)24-22(2)26-3/h8-9,11-12,14-15,17-18,22H,4-7,10,13,16,19-21H2,1-3H3,(H,24,25)/b9-8-,12-11-,15-14-,18-17-. The van der Waals surface area contributed by atoms with Gasteiger partial charge in [0.1, 0.15) is 6.23 Å². The first kappa shape index (κ1) is 24.4.